The maximum absolute atomic E-state index is 11.1. The van der Waals surface area contributed by atoms with Gasteiger partial charge in [0.15, 0.2) is 5.75 Å². The van der Waals surface area contributed by atoms with Crippen molar-refractivity contribution in [2.45, 2.75) is 44.0 Å². The summed E-state index contributed by atoms with van der Waals surface area (Å²) in [5.41, 5.74) is 0.950. The number of benzene rings is 1. The number of hydrogen-bond acceptors (Lipinski definition) is 3. The van der Waals surface area contributed by atoms with E-state index in [0.29, 0.717) is 17.0 Å². The highest BCUT2D eigenvalue weighted by Gasteiger charge is 2.24. The van der Waals surface area contributed by atoms with Crippen LogP contribution in [0.5, 0.6) is 5.75 Å². The van der Waals surface area contributed by atoms with Gasteiger partial charge in [0.25, 0.3) is 0 Å². The van der Waals surface area contributed by atoms with Crippen molar-refractivity contribution < 1.29 is 9.66 Å². The van der Waals surface area contributed by atoms with E-state index in [2.05, 4.69) is 22.9 Å². The van der Waals surface area contributed by atoms with Crippen molar-refractivity contribution in [2.24, 2.45) is 5.92 Å². The second kappa shape index (κ2) is 6.37. The van der Waals surface area contributed by atoms with E-state index >= 15 is 0 Å². The molecule has 1 saturated carbocycles. The molecule has 19 heavy (non-hydrogen) atoms. The summed E-state index contributed by atoms with van der Waals surface area (Å²) in [6, 6.07) is 5.16. The molecule has 0 aromatic heterocycles. The van der Waals surface area contributed by atoms with Crippen LogP contribution in [0, 0.1) is 16.0 Å². The molecule has 104 valence electrons. The molecule has 0 bridgehead atoms. The minimum atomic E-state index is -0.367. The van der Waals surface area contributed by atoms with Gasteiger partial charge in [-0.2, -0.15) is 0 Å². The molecule has 1 aromatic rings. The summed E-state index contributed by atoms with van der Waals surface area (Å²) in [4.78, 5) is 10.7. The summed E-state index contributed by atoms with van der Waals surface area (Å²) in [5.74, 6) is 1.04. The first kappa shape index (κ1) is 14.3. The summed E-state index contributed by atoms with van der Waals surface area (Å²) in [5, 5.41) is 11.7. The first-order valence-corrected chi connectivity index (χ1v) is 7.72. The van der Waals surface area contributed by atoms with E-state index in [1.807, 2.05) is 6.07 Å². The fraction of sp³-hybridized carbons (Fsp3) is 0.571. The molecule has 1 aliphatic carbocycles. The van der Waals surface area contributed by atoms with Gasteiger partial charge in [-0.05, 0) is 36.8 Å². The van der Waals surface area contributed by atoms with E-state index in [1.165, 1.54) is 6.42 Å². The number of hydrogen-bond donors (Lipinski definition) is 0. The van der Waals surface area contributed by atoms with Crippen LogP contribution in [0.2, 0.25) is 0 Å². The largest absolute Gasteiger partial charge is 0.483 e. The van der Waals surface area contributed by atoms with Gasteiger partial charge in [0.2, 0.25) is 0 Å². The molecular weight excluding hydrogens is 310 g/mol. The minimum absolute atomic E-state index is 0.0650. The summed E-state index contributed by atoms with van der Waals surface area (Å²) >= 11 is 3.31. The Hall–Kier alpha value is -1.10. The van der Waals surface area contributed by atoms with Crippen molar-refractivity contribution in [3.05, 3.63) is 33.9 Å². The number of ether oxygens (including phenoxy) is 1. The fourth-order valence-corrected chi connectivity index (χ4v) is 2.90. The lowest BCUT2D eigenvalue weighted by atomic mass is 9.89. The normalized spacial score (nSPS) is 23.1. The highest BCUT2D eigenvalue weighted by Crippen LogP contribution is 2.33. The lowest BCUT2D eigenvalue weighted by Gasteiger charge is -2.27. The van der Waals surface area contributed by atoms with E-state index < -0.39 is 0 Å². The second-order valence-electron chi connectivity index (χ2n) is 5.20. The van der Waals surface area contributed by atoms with Gasteiger partial charge in [-0.1, -0.05) is 35.3 Å². The van der Waals surface area contributed by atoms with Gasteiger partial charge in [-0.3, -0.25) is 10.1 Å². The average molecular weight is 328 g/mol. The molecule has 0 N–H and O–H groups in total. The van der Waals surface area contributed by atoms with Crippen LogP contribution in [-0.4, -0.2) is 11.0 Å². The molecule has 0 radical (unpaired) electrons. The quantitative estimate of drug-likeness (QED) is 0.466. The Kier molecular flexibility index (Phi) is 4.80. The first-order chi connectivity index (χ1) is 9.10. The molecule has 0 heterocycles. The number of nitrogens with zero attached hydrogens (tertiary/aromatic N) is 1. The summed E-state index contributed by atoms with van der Waals surface area (Å²) in [6.07, 6.45) is 4.44. The topological polar surface area (TPSA) is 52.4 Å². The highest BCUT2D eigenvalue weighted by atomic mass is 79.9. The van der Waals surface area contributed by atoms with Gasteiger partial charge in [0, 0.05) is 11.4 Å². The average Bonchev–Trinajstić information content (AvgIpc) is 2.39. The fourth-order valence-electron chi connectivity index (χ4n) is 2.55. The van der Waals surface area contributed by atoms with Crippen LogP contribution in [-0.2, 0) is 5.33 Å². The lowest BCUT2D eigenvalue weighted by molar-refractivity contribution is -0.386. The van der Waals surface area contributed by atoms with Gasteiger partial charge in [0.1, 0.15) is 0 Å². The monoisotopic (exact) mass is 327 g/mol. The lowest BCUT2D eigenvalue weighted by Crippen LogP contribution is -2.24. The summed E-state index contributed by atoms with van der Waals surface area (Å²) in [6.45, 7) is 2.21. The van der Waals surface area contributed by atoms with E-state index in [4.69, 9.17) is 4.74 Å². The van der Waals surface area contributed by atoms with Crippen LogP contribution in [0.3, 0.4) is 0 Å². The Morgan fingerprint density at radius 2 is 2.26 bits per heavy atom. The number of rotatable bonds is 4. The summed E-state index contributed by atoms with van der Waals surface area (Å²) in [7, 11) is 0. The molecule has 2 rings (SSSR count). The van der Waals surface area contributed by atoms with Gasteiger partial charge < -0.3 is 4.74 Å². The Morgan fingerprint density at radius 3 is 2.89 bits per heavy atom. The molecule has 2 unspecified atom stereocenters. The van der Waals surface area contributed by atoms with Crippen molar-refractivity contribution in [2.75, 3.05) is 0 Å². The molecule has 0 spiro atoms. The molecule has 0 saturated heterocycles. The second-order valence-corrected chi connectivity index (χ2v) is 5.77. The van der Waals surface area contributed by atoms with E-state index in [1.54, 1.807) is 12.1 Å². The standard InChI is InChI=1S/C14H18BrNO3/c1-10-3-2-4-12(7-10)19-14-6-5-11(9-15)8-13(14)16(17)18/h5-6,8,10,12H,2-4,7,9H2,1H3. The SMILES string of the molecule is CC1CCCC(Oc2ccc(CBr)cc2[N+](=O)[O-])C1. The van der Waals surface area contributed by atoms with E-state index in [-0.39, 0.29) is 16.7 Å². The van der Waals surface area contributed by atoms with Gasteiger partial charge >= 0.3 is 5.69 Å². The number of nitro groups is 1. The Bertz CT molecular complexity index is 464. The van der Waals surface area contributed by atoms with Crippen LogP contribution < -0.4 is 4.74 Å². The third-order valence-corrected chi connectivity index (χ3v) is 4.20. The predicted molar refractivity (Wildman–Crippen MR) is 77.8 cm³/mol. The third kappa shape index (κ3) is 3.69. The van der Waals surface area contributed by atoms with Crippen molar-refractivity contribution in [1.82, 2.24) is 0 Å². The van der Waals surface area contributed by atoms with Crippen LogP contribution >= 0.6 is 15.9 Å². The van der Waals surface area contributed by atoms with Gasteiger partial charge in [0.05, 0.1) is 11.0 Å². The minimum Gasteiger partial charge on any atom is -0.483 e. The zero-order valence-electron chi connectivity index (χ0n) is 11.0. The van der Waals surface area contributed by atoms with Gasteiger partial charge in [-0.15, -0.1) is 0 Å². The Morgan fingerprint density at radius 1 is 1.47 bits per heavy atom. The molecule has 1 aromatic carbocycles. The van der Waals surface area contributed by atoms with Crippen LogP contribution in [0.4, 0.5) is 5.69 Å². The molecule has 2 atom stereocenters. The van der Waals surface area contributed by atoms with Crippen LogP contribution in [0.15, 0.2) is 18.2 Å². The number of nitro benzene ring substituents is 1. The smallest absolute Gasteiger partial charge is 0.311 e. The van der Waals surface area contributed by atoms with Crippen molar-refractivity contribution in [3.8, 4) is 5.75 Å². The zero-order chi connectivity index (χ0) is 13.8. The van der Waals surface area contributed by atoms with E-state index in [0.717, 1.165) is 24.8 Å². The molecule has 5 heteroatoms. The van der Waals surface area contributed by atoms with Crippen LogP contribution in [0.1, 0.15) is 38.2 Å². The van der Waals surface area contributed by atoms with Crippen LogP contribution in [0.25, 0.3) is 0 Å². The molecule has 1 aliphatic rings. The number of alkyl halides is 1. The Balaban J connectivity index is 2.16. The number of halogens is 1. The van der Waals surface area contributed by atoms with Gasteiger partial charge in [-0.25, -0.2) is 0 Å². The van der Waals surface area contributed by atoms with Crippen molar-refractivity contribution >= 4 is 21.6 Å². The van der Waals surface area contributed by atoms with E-state index in [9.17, 15) is 10.1 Å². The third-order valence-electron chi connectivity index (χ3n) is 3.56. The maximum atomic E-state index is 11.1. The zero-order valence-corrected chi connectivity index (χ0v) is 12.6. The Labute approximate surface area is 121 Å². The van der Waals surface area contributed by atoms with Crippen molar-refractivity contribution in [3.63, 3.8) is 0 Å². The molecule has 0 amide bonds. The molecule has 4 nitrogen and oxygen atoms in total. The highest BCUT2D eigenvalue weighted by molar-refractivity contribution is 9.08. The predicted octanol–water partition coefficient (Wildman–Crippen LogP) is 4.45. The molecular formula is C14H18BrNO3. The molecule has 0 aliphatic heterocycles. The maximum Gasteiger partial charge on any atom is 0.311 e. The molecule has 1 fully saturated rings. The summed E-state index contributed by atoms with van der Waals surface area (Å²) < 4.78 is 5.86. The first-order valence-electron chi connectivity index (χ1n) is 6.60. The van der Waals surface area contributed by atoms with Crippen molar-refractivity contribution in [1.29, 1.82) is 0 Å².